The molecule has 1 aliphatic rings. The average Bonchev–Trinajstić information content (AvgIpc) is 3.14. The van der Waals surface area contributed by atoms with E-state index in [1.807, 2.05) is 30.3 Å². The lowest BCUT2D eigenvalue weighted by atomic mass is 9.90. The first-order valence-corrected chi connectivity index (χ1v) is 10.4. The predicted octanol–water partition coefficient (Wildman–Crippen LogP) is 1.91. The van der Waals surface area contributed by atoms with Gasteiger partial charge in [-0.2, -0.15) is 0 Å². The first-order chi connectivity index (χ1) is 14.0. The van der Waals surface area contributed by atoms with Gasteiger partial charge in [-0.1, -0.05) is 18.2 Å². The highest BCUT2D eigenvalue weighted by molar-refractivity contribution is 7.17. The van der Waals surface area contributed by atoms with Gasteiger partial charge in [0, 0.05) is 4.70 Å². The van der Waals surface area contributed by atoms with Gasteiger partial charge in [0.1, 0.15) is 36.3 Å². The van der Waals surface area contributed by atoms with E-state index in [1.165, 1.54) is 5.56 Å². The van der Waals surface area contributed by atoms with Gasteiger partial charge in [-0.3, -0.25) is 0 Å². The number of aryl methyl sites for hydroxylation is 2. The molecular weight excluding hydrogens is 392 g/mol. The number of ether oxygens (including phenoxy) is 1. The van der Waals surface area contributed by atoms with Crippen LogP contribution in [0.15, 0.2) is 47.8 Å². The van der Waals surface area contributed by atoms with Gasteiger partial charge >= 0.3 is 0 Å². The molecule has 0 unspecified atom stereocenters. The van der Waals surface area contributed by atoms with Crippen LogP contribution in [0.3, 0.4) is 0 Å². The number of benzene rings is 2. The van der Waals surface area contributed by atoms with E-state index in [1.54, 1.807) is 23.5 Å². The molecule has 4 rings (SSSR count). The van der Waals surface area contributed by atoms with Crippen molar-refractivity contribution in [1.82, 2.24) is 0 Å². The van der Waals surface area contributed by atoms with Crippen molar-refractivity contribution in [3.8, 4) is 5.75 Å². The third-order valence-electron chi connectivity index (χ3n) is 5.52. The van der Waals surface area contributed by atoms with Crippen LogP contribution in [0.25, 0.3) is 10.1 Å². The average molecular weight is 416 g/mol. The van der Waals surface area contributed by atoms with E-state index in [4.69, 9.17) is 4.74 Å². The molecule has 5 atom stereocenters. The monoisotopic (exact) mass is 416 g/mol. The van der Waals surface area contributed by atoms with Crippen LogP contribution in [0.2, 0.25) is 0 Å². The van der Waals surface area contributed by atoms with Crippen molar-refractivity contribution in [1.29, 1.82) is 0 Å². The van der Waals surface area contributed by atoms with E-state index in [2.05, 4.69) is 5.38 Å². The van der Waals surface area contributed by atoms with Crippen molar-refractivity contribution in [2.45, 2.75) is 43.4 Å². The van der Waals surface area contributed by atoms with Gasteiger partial charge in [-0.25, -0.2) is 0 Å². The van der Waals surface area contributed by atoms with E-state index < -0.39 is 37.1 Å². The minimum Gasteiger partial charge on any atom is -0.508 e. The lowest BCUT2D eigenvalue weighted by Gasteiger charge is -2.40. The Bertz CT molecular complexity index is 967. The van der Waals surface area contributed by atoms with Crippen LogP contribution in [0.4, 0.5) is 0 Å². The highest BCUT2D eigenvalue weighted by atomic mass is 32.1. The van der Waals surface area contributed by atoms with E-state index in [-0.39, 0.29) is 5.75 Å². The number of hydrogen-bond acceptors (Lipinski definition) is 7. The summed E-state index contributed by atoms with van der Waals surface area (Å²) in [7, 11) is 0. The molecule has 6 nitrogen and oxygen atoms in total. The lowest BCUT2D eigenvalue weighted by molar-refractivity contribution is -0.231. The zero-order chi connectivity index (χ0) is 20.5. The summed E-state index contributed by atoms with van der Waals surface area (Å²) in [6.45, 7) is -0.444. The number of rotatable bonds is 5. The lowest BCUT2D eigenvalue weighted by Crippen LogP contribution is -2.55. The number of aliphatic hydroxyl groups is 4. The topological polar surface area (TPSA) is 110 Å². The summed E-state index contributed by atoms with van der Waals surface area (Å²) in [6, 6.07) is 12.9. The number of phenolic OH excluding ortho intramolecular Hbond substituents is 1. The Morgan fingerprint density at radius 1 is 0.897 bits per heavy atom. The molecule has 2 aromatic carbocycles. The first-order valence-electron chi connectivity index (χ1n) is 9.56. The molecule has 1 saturated heterocycles. The number of aliphatic hydroxyl groups excluding tert-OH is 4. The van der Waals surface area contributed by atoms with E-state index in [0.717, 1.165) is 28.5 Å². The smallest absolute Gasteiger partial charge is 0.115 e. The maximum Gasteiger partial charge on any atom is 0.115 e. The number of aromatic hydroxyl groups is 1. The quantitative estimate of drug-likeness (QED) is 0.435. The highest BCUT2D eigenvalue weighted by Gasteiger charge is 2.43. The molecule has 0 saturated carbocycles. The van der Waals surface area contributed by atoms with Crippen molar-refractivity contribution in [3.63, 3.8) is 0 Å². The zero-order valence-electron chi connectivity index (χ0n) is 15.7. The minimum atomic E-state index is -1.39. The standard InChI is InChI=1S/C22H24O6S/c23-10-17-19(25)20(26)21(27)22(28-17)13-5-8-18-16(9-13)14(11-29-18)4-1-12-2-6-15(24)7-3-12/h2-3,5-9,11,17,19-27H,1,4,10H2/t17-,19-,20+,21-,22+/m1/s1. The van der Waals surface area contributed by atoms with Crippen molar-refractivity contribution >= 4 is 21.4 Å². The molecule has 1 fully saturated rings. The third kappa shape index (κ3) is 4.02. The number of thiophene rings is 1. The Morgan fingerprint density at radius 2 is 1.66 bits per heavy atom. The molecule has 0 aliphatic carbocycles. The Balaban J connectivity index is 1.58. The van der Waals surface area contributed by atoms with E-state index >= 15 is 0 Å². The molecule has 3 aromatic rings. The molecule has 5 N–H and O–H groups in total. The zero-order valence-corrected chi connectivity index (χ0v) is 16.5. The molecule has 0 radical (unpaired) electrons. The van der Waals surface area contributed by atoms with Gasteiger partial charge in [0.2, 0.25) is 0 Å². The Hall–Kier alpha value is -2.00. The second-order valence-electron chi connectivity index (χ2n) is 7.43. The van der Waals surface area contributed by atoms with Gasteiger partial charge in [0.15, 0.2) is 0 Å². The highest BCUT2D eigenvalue weighted by Crippen LogP contribution is 2.36. The van der Waals surface area contributed by atoms with E-state index in [9.17, 15) is 25.5 Å². The summed E-state index contributed by atoms with van der Waals surface area (Å²) in [6.07, 6.45) is -4.15. The maximum atomic E-state index is 10.4. The van der Waals surface area contributed by atoms with Crippen molar-refractivity contribution in [3.05, 3.63) is 64.5 Å². The molecule has 1 aromatic heterocycles. The summed E-state index contributed by atoms with van der Waals surface area (Å²) in [4.78, 5) is 0. The Kier molecular flexibility index (Phi) is 5.87. The SMILES string of the molecule is OC[C@H]1O[C@@H](c2ccc3scc(CCc4ccc(O)cc4)c3c2)[C@H](O)[C@@H](O)[C@@H]1O. The van der Waals surface area contributed by atoms with Gasteiger partial charge in [0.05, 0.1) is 6.61 Å². The predicted molar refractivity (Wildman–Crippen MR) is 110 cm³/mol. The van der Waals surface area contributed by atoms with Crippen LogP contribution >= 0.6 is 11.3 Å². The third-order valence-corrected chi connectivity index (χ3v) is 6.53. The summed E-state index contributed by atoms with van der Waals surface area (Å²) in [5, 5.41) is 52.5. The fourth-order valence-corrected chi connectivity index (χ4v) is 4.77. The van der Waals surface area contributed by atoms with Crippen LogP contribution in [0, 0.1) is 0 Å². The van der Waals surface area contributed by atoms with E-state index in [0.29, 0.717) is 5.56 Å². The summed E-state index contributed by atoms with van der Waals surface area (Å²) >= 11 is 1.64. The van der Waals surface area contributed by atoms with Gasteiger partial charge in [0.25, 0.3) is 0 Å². The number of phenols is 1. The maximum absolute atomic E-state index is 10.4. The minimum absolute atomic E-state index is 0.249. The Morgan fingerprint density at radius 3 is 2.38 bits per heavy atom. The molecule has 1 aliphatic heterocycles. The number of hydrogen-bond donors (Lipinski definition) is 5. The van der Waals surface area contributed by atoms with Gasteiger partial charge in [-0.05, 0) is 64.6 Å². The summed E-state index contributed by atoms with van der Waals surface area (Å²) < 4.78 is 6.80. The van der Waals surface area contributed by atoms with Crippen LogP contribution in [0.5, 0.6) is 5.75 Å². The molecule has 0 bridgehead atoms. The van der Waals surface area contributed by atoms with Crippen LogP contribution < -0.4 is 0 Å². The van der Waals surface area contributed by atoms with Crippen molar-refractivity contribution in [2.75, 3.05) is 6.61 Å². The Labute approximate surface area is 172 Å². The molecule has 29 heavy (non-hydrogen) atoms. The normalized spacial score (nSPS) is 27.4. The van der Waals surface area contributed by atoms with Crippen LogP contribution in [-0.4, -0.2) is 56.6 Å². The second kappa shape index (κ2) is 8.39. The summed E-state index contributed by atoms with van der Waals surface area (Å²) in [5.41, 5.74) is 3.00. The molecule has 154 valence electrons. The van der Waals surface area contributed by atoms with Crippen molar-refractivity contribution < 1.29 is 30.3 Å². The molecule has 0 spiro atoms. The van der Waals surface area contributed by atoms with Gasteiger partial charge < -0.3 is 30.3 Å². The fourth-order valence-electron chi connectivity index (χ4n) is 3.79. The van der Waals surface area contributed by atoms with Crippen molar-refractivity contribution in [2.24, 2.45) is 0 Å². The molecule has 0 amide bonds. The summed E-state index contributed by atoms with van der Waals surface area (Å²) in [5.74, 6) is 0.249. The fraction of sp³-hybridized carbons (Fsp3) is 0.364. The molecule has 7 heteroatoms. The molecule has 2 heterocycles. The largest absolute Gasteiger partial charge is 0.508 e. The second-order valence-corrected chi connectivity index (χ2v) is 8.34. The first kappa shape index (κ1) is 20.3. The van der Waals surface area contributed by atoms with Crippen LogP contribution in [0.1, 0.15) is 22.8 Å². The van der Waals surface area contributed by atoms with Gasteiger partial charge in [-0.15, -0.1) is 11.3 Å². The number of fused-ring (bicyclic) bond motifs is 1. The molecular formula is C22H24O6S. The van der Waals surface area contributed by atoms with Crippen LogP contribution in [-0.2, 0) is 17.6 Å².